The monoisotopic (exact) mass is 325 g/mol. The van der Waals surface area contributed by atoms with Crippen LogP contribution in [0.3, 0.4) is 0 Å². The number of nitrogens with zero attached hydrogens (tertiary/aromatic N) is 1. The van der Waals surface area contributed by atoms with E-state index < -0.39 is 11.3 Å². The number of halogens is 1. The Balaban J connectivity index is 2.22. The highest BCUT2D eigenvalue weighted by Crippen LogP contribution is 2.38. The summed E-state index contributed by atoms with van der Waals surface area (Å²) in [5, 5.41) is 2.06. The molecule has 0 aromatic heterocycles. The maximum Gasteiger partial charge on any atom is 0.262 e. The van der Waals surface area contributed by atoms with Crippen LogP contribution in [0.25, 0.3) is 10.8 Å². The minimum Gasteiger partial charge on any atom is -0.289 e. The van der Waals surface area contributed by atoms with Crippen molar-refractivity contribution in [1.82, 2.24) is 0 Å². The molecule has 0 aliphatic heterocycles. The second-order valence-electron chi connectivity index (χ2n) is 4.40. The Morgan fingerprint density at radius 1 is 1.17 bits per heavy atom. The first-order valence-electron chi connectivity index (χ1n) is 5.76. The zero-order valence-electron chi connectivity index (χ0n) is 9.54. The number of rotatable bonds is 3. The summed E-state index contributed by atoms with van der Waals surface area (Å²) in [5.41, 5.74) is 0.831. The van der Waals surface area contributed by atoms with Crippen LogP contribution in [-0.4, -0.2) is 14.8 Å². The normalized spacial score (nSPS) is 16.8. The molecule has 1 atom stereocenters. The highest BCUT2D eigenvalue weighted by Gasteiger charge is 2.33. The molecule has 0 saturated heterocycles. The van der Waals surface area contributed by atoms with Crippen LogP contribution in [0.5, 0.6) is 0 Å². The van der Waals surface area contributed by atoms with Crippen molar-refractivity contribution in [3.05, 3.63) is 40.9 Å². The van der Waals surface area contributed by atoms with E-state index in [9.17, 15) is 8.76 Å². The van der Waals surface area contributed by atoms with Crippen molar-refractivity contribution < 1.29 is 8.76 Å². The van der Waals surface area contributed by atoms with Gasteiger partial charge in [-0.05, 0) is 30.4 Å². The minimum absolute atomic E-state index is 0.195. The summed E-state index contributed by atoms with van der Waals surface area (Å²) in [6.07, 6.45) is 1.97. The van der Waals surface area contributed by atoms with Crippen molar-refractivity contribution in [3.8, 4) is 0 Å². The van der Waals surface area contributed by atoms with Crippen LogP contribution in [0.1, 0.15) is 12.8 Å². The summed E-state index contributed by atoms with van der Waals surface area (Å²) in [6.45, 7) is 0. The molecule has 0 bridgehead atoms. The summed E-state index contributed by atoms with van der Waals surface area (Å²) in [6, 6.07) is 11.9. The van der Waals surface area contributed by atoms with Gasteiger partial charge in [0, 0.05) is 15.9 Å². The van der Waals surface area contributed by atoms with E-state index in [2.05, 4.69) is 15.9 Å². The lowest BCUT2D eigenvalue weighted by atomic mass is 10.1. The molecule has 1 aliphatic carbocycles. The fourth-order valence-corrected chi connectivity index (χ4v) is 3.46. The van der Waals surface area contributed by atoms with Gasteiger partial charge in [-0.2, -0.15) is 0 Å². The average Bonchev–Trinajstić information content (AvgIpc) is 3.15. The van der Waals surface area contributed by atoms with Crippen molar-refractivity contribution in [2.75, 3.05) is 4.31 Å². The first-order chi connectivity index (χ1) is 8.68. The van der Waals surface area contributed by atoms with Crippen LogP contribution < -0.4 is 4.31 Å². The number of anilines is 1. The molecule has 0 radical (unpaired) electrons. The average molecular weight is 326 g/mol. The molecule has 3 rings (SSSR count). The van der Waals surface area contributed by atoms with Crippen molar-refractivity contribution in [2.24, 2.45) is 0 Å². The summed E-state index contributed by atoms with van der Waals surface area (Å²) in [5.74, 6) is 0. The van der Waals surface area contributed by atoms with Gasteiger partial charge in [-0.15, -0.1) is 0 Å². The Bertz CT molecular complexity index is 627. The molecule has 3 nitrogen and oxygen atoms in total. The minimum atomic E-state index is -1.97. The number of fused-ring (bicyclic) bond motifs is 1. The van der Waals surface area contributed by atoms with Gasteiger partial charge in [0.05, 0.1) is 5.69 Å². The van der Waals surface area contributed by atoms with Crippen LogP contribution in [0.4, 0.5) is 5.69 Å². The van der Waals surface area contributed by atoms with Gasteiger partial charge in [-0.3, -0.25) is 8.86 Å². The predicted octanol–water partition coefficient (Wildman–Crippen LogP) is 3.71. The Kier molecular flexibility index (Phi) is 3.13. The molecule has 5 heteroatoms. The zero-order chi connectivity index (χ0) is 12.7. The second-order valence-corrected chi connectivity index (χ2v) is 6.11. The number of benzene rings is 2. The third-order valence-corrected chi connectivity index (χ3v) is 4.65. The van der Waals surface area contributed by atoms with Crippen molar-refractivity contribution in [3.63, 3.8) is 0 Å². The van der Waals surface area contributed by atoms with Crippen LogP contribution >= 0.6 is 15.9 Å². The quantitative estimate of drug-likeness (QED) is 0.874. The van der Waals surface area contributed by atoms with Crippen LogP contribution in [0.15, 0.2) is 40.9 Å². The van der Waals surface area contributed by atoms with Gasteiger partial charge in [0.1, 0.15) is 0 Å². The van der Waals surface area contributed by atoms with Crippen LogP contribution in [-0.2, 0) is 11.3 Å². The van der Waals surface area contributed by atoms with Crippen molar-refractivity contribution in [2.45, 2.75) is 18.9 Å². The summed E-state index contributed by atoms with van der Waals surface area (Å²) >= 11 is 1.55. The first kappa shape index (κ1) is 12.1. The van der Waals surface area contributed by atoms with Gasteiger partial charge in [-0.1, -0.05) is 40.2 Å². The SMILES string of the molecule is O=S(O)N(c1cccc2c(Br)cccc12)C1CC1. The van der Waals surface area contributed by atoms with Crippen LogP contribution in [0.2, 0.25) is 0 Å². The van der Waals surface area contributed by atoms with Gasteiger partial charge < -0.3 is 0 Å². The van der Waals surface area contributed by atoms with Gasteiger partial charge in [-0.25, -0.2) is 4.21 Å². The van der Waals surface area contributed by atoms with Crippen molar-refractivity contribution in [1.29, 1.82) is 0 Å². The Morgan fingerprint density at radius 3 is 2.50 bits per heavy atom. The fourth-order valence-electron chi connectivity index (χ4n) is 2.16. The molecule has 1 aliphatic rings. The zero-order valence-corrected chi connectivity index (χ0v) is 11.9. The molecule has 2 aromatic rings. The van der Waals surface area contributed by atoms with Crippen LogP contribution in [0, 0.1) is 0 Å². The molecule has 0 amide bonds. The molecule has 18 heavy (non-hydrogen) atoms. The smallest absolute Gasteiger partial charge is 0.262 e. The third-order valence-electron chi connectivity index (χ3n) is 3.13. The van der Waals surface area contributed by atoms with Gasteiger partial charge >= 0.3 is 0 Å². The van der Waals surface area contributed by atoms with E-state index in [1.54, 1.807) is 4.31 Å². The fraction of sp³-hybridized carbons (Fsp3) is 0.231. The van der Waals surface area contributed by atoms with Gasteiger partial charge in [0.15, 0.2) is 0 Å². The lowest BCUT2D eigenvalue weighted by Crippen LogP contribution is -2.27. The summed E-state index contributed by atoms with van der Waals surface area (Å²) in [7, 11) is 0. The van der Waals surface area contributed by atoms with E-state index >= 15 is 0 Å². The maximum atomic E-state index is 11.5. The van der Waals surface area contributed by atoms with E-state index in [4.69, 9.17) is 0 Å². The highest BCUT2D eigenvalue weighted by atomic mass is 79.9. The Labute approximate surface area is 116 Å². The van der Waals surface area contributed by atoms with E-state index in [0.29, 0.717) is 0 Å². The standard InChI is InChI=1S/C13H12BrNO2S/c14-12-5-1-4-11-10(12)3-2-6-13(11)15(18(16)17)9-7-8-9/h1-6,9H,7-8H2,(H,16,17). The maximum absolute atomic E-state index is 11.5. The molecule has 0 spiro atoms. The summed E-state index contributed by atoms with van der Waals surface area (Å²) < 4.78 is 23.6. The number of hydrogen-bond donors (Lipinski definition) is 1. The van der Waals surface area contributed by atoms with E-state index in [1.807, 2.05) is 36.4 Å². The topological polar surface area (TPSA) is 40.5 Å². The predicted molar refractivity (Wildman–Crippen MR) is 77.9 cm³/mol. The highest BCUT2D eigenvalue weighted by molar-refractivity contribution is 9.10. The first-order valence-corrected chi connectivity index (χ1v) is 7.61. The molecule has 1 N–H and O–H groups in total. The Hall–Kier alpha value is -0.910. The molecular formula is C13H12BrNO2S. The molecule has 1 fully saturated rings. The molecular weight excluding hydrogens is 314 g/mol. The van der Waals surface area contributed by atoms with Crippen molar-refractivity contribution >= 4 is 43.7 Å². The molecule has 1 unspecified atom stereocenters. The molecule has 94 valence electrons. The van der Waals surface area contributed by atoms with Gasteiger partial charge in [0.25, 0.3) is 11.3 Å². The second kappa shape index (κ2) is 4.64. The lowest BCUT2D eigenvalue weighted by Gasteiger charge is -2.21. The largest absolute Gasteiger partial charge is 0.289 e. The molecule has 2 aromatic carbocycles. The Morgan fingerprint density at radius 2 is 1.83 bits per heavy atom. The molecule has 0 heterocycles. The van der Waals surface area contributed by atoms with E-state index in [1.165, 1.54) is 0 Å². The lowest BCUT2D eigenvalue weighted by molar-refractivity contribution is 0.558. The molecule has 1 saturated carbocycles. The van der Waals surface area contributed by atoms with Gasteiger partial charge in [0.2, 0.25) is 0 Å². The number of hydrogen-bond acceptors (Lipinski definition) is 1. The van der Waals surface area contributed by atoms with E-state index in [-0.39, 0.29) is 6.04 Å². The van der Waals surface area contributed by atoms with E-state index in [0.717, 1.165) is 33.8 Å². The third kappa shape index (κ3) is 2.06. The summed E-state index contributed by atoms with van der Waals surface area (Å²) in [4.78, 5) is 0.